The molecule has 0 fully saturated rings. The molecule has 2 aromatic rings. The average molecular weight is 320 g/mol. The number of halogens is 1. The van der Waals surface area contributed by atoms with Crippen LogP contribution in [0.4, 0.5) is 0 Å². The lowest BCUT2D eigenvalue weighted by atomic mass is 10.0. The Bertz CT molecular complexity index is 450. The van der Waals surface area contributed by atoms with E-state index in [9.17, 15) is 0 Å². The van der Waals surface area contributed by atoms with Gasteiger partial charge in [-0.2, -0.15) is 0 Å². The molecule has 2 rings (SSSR count). The summed E-state index contributed by atoms with van der Waals surface area (Å²) >= 11 is 0. The number of hydrogen-bond acceptors (Lipinski definition) is 2. The molecule has 0 radical (unpaired) electrons. The third kappa shape index (κ3) is 6.18. The van der Waals surface area contributed by atoms with Gasteiger partial charge >= 0.3 is 0 Å². The first-order valence-corrected chi connectivity index (χ1v) is 7.84. The molecule has 0 unspecified atom stereocenters. The normalized spacial score (nSPS) is 10.5. The van der Waals surface area contributed by atoms with E-state index in [1.165, 1.54) is 24.0 Å². The first-order valence-electron chi connectivity index (χ1n) is 7.84. The van der Waals surface area contributed by atoms with Gasteiger partial charge in [0.1, 0.15) is 6.10 Å². The zero-order valence-electron chi connectivity index (χ0n) is 13.2. The molecule has 2 aromatic carbocycles. The second-order valence-corrected chi connectivity index (χ2v) is 5.18. The summed E-state index contributed by atoms with van der Waals surface area (Å²) in [5.41, 5.74) is 2.41. The molecule has 2 nitrogen and oxygen atoms in total. The van der Waals surface area contributed by atoms with Gasteiger partial charge in [0.2, 0.25) is 0 Å². The second-order valence-electron chi connectivity index (χ2n) is 5.18. The fourth-order valence-electron chi connectivity index (χ4n) is 2.32. The SMILES string of the molecule is CCCCNCCOC(c1ccccc1)c1ccccc1.Cl. The van der Waals surface area contributed by atoms with Crippen molar-refractivity contribution in [1.82, 2.24) is 5.32 Å². The summed E-state index contributed by atoms with van der Waals surface area (Å²) in [5, 5.41) is 3.42. The maximum Gasteiger partial charge on any atom is 0.108 e. The van der Waals surface area contributed by atoms with Crippen LogP contribution < -0.4 is 5.32 Å². The molecule has 0 saturated heterocycles. The predicted molar refractivity (Wildman–Crippen MR) is 95.7 cm³/mol. The zero-order chi connectivity index (χ0) is 14.8. The summed E-state index contributed by atoms with van der Waals surface area (Å²) in [7, 11) is 0. The summed E-state index contributed by atoms with van der Waals surface area (Å²) in [6, 6.07) is 20.8. The lowest BCUT2D eigenvalue weighted by Gasteiger charge is -2.19. The minimum absolute atomic E-state index is 0. The Balaban J connectivity index is 0.00000242. The maximum atomic E-state index is 6.13. The maximum absolute atomic E-state index is 6.13. The van der Waals surface area contributed by atoms with E-state index in [1.807, 2.05) is 12.1 Å². The minimum Gasteiger partial charge on any atom is -0.367 e. The van der Waals surface area contributed by atoms with Crippen molar-refractivity contribution < 1.29 is 4.74 Å². The highest BCUT2D eigenvalue weighted by Crippen LogP contribution is 2.25. The van der Waals surface area contributed by atoms with Crippen LogP contribution >= 0.6 is 12.4 Å². The molecule has 0 heterocycles. The molecule has 0 bridgehead atoms. The van der Waals surface area contributed by atoms with Gasteiger partial charge in [-0.3, -0.25) is 0 Å². The number of nitrogens with one attached hydrogen (secondary N) is 1. The first kappa shape index (κ1) is 18.7. The highest BCUT2D eigenvalue weighted by atomic mass is 35.5. The van der Waals surface area contributed by atoms with E-state index in [0.29, 0.717) is 0 Å². The van der Waals surface area contributed by atoms with Crippen molar-refractivity contribution in [1.29, 1.82) is 0 Å². The molecule has 0 aliphatic carbocycles. The number of unbranched alkanes of at least 4 members (excludes halogenated alkanes) is 1. The van der Waals surface area contributed by atoms with Crippen LogP contribution in [0.3, 0.4) is 0 Å². The fraction of sp³-hybridized carbons (Fsp3) is 0.368. The summed E-state index contributed by atoms with van der Waals surface area (Å²) in [5.74, 6) is 0. The number of benzene rings is 2. The smallest absolute Gasteiger partial charge is 0.108 e. The molecule has 1 N–H and O–H groups in total. The van der Waals surface area contributed by atoms with Crippen molar-refractivity contribution in [2.24, 2.45) is 0 Å². The van der Waals surface area contributed by atoms with E-state index in [0.717, 1.165) is 19.7 Å². The molecular formula is C19H26ClNO. The second kappa shape index (κ2) is 11.2. The Morgan fingerprint density at radius 2 is 1.41 bits per heavy atom. The van der Waals surface area contributed by atoms with Crippen LogP contribution in [-0.4, -0.2) is 19.7 Å². The van der Waals surface area contributed by atoms with Gasteiger partial charge in [0, 0.05) is 6.54 Å². The number of rotatable bonds is 9. The largest absolute Gasteiger partial charge is 0.367 e. The van der Waals surface area contributed by atoms with E-state index in [-0.39, 0.29) is 18.5 Å². The Morgan fingerprint density at radius 3 is 1.91 bits per heavy atom. The molecule has 0 saturated carbocycles. The van der Waals surface area contributed by atoms with Crippen LogP contribution in [0.15, 0.2) is 60.7 Å². The summed E-state index contributed by atoms with van der Waals surface area (Å²) in [6.07, 6.45) is 2.46. The molecule has 120 valence electrons. The summed E-state index contributed by atoms with van der Waals surface area (Å²) in [6.45, 7) is 4.90. The molecule has 0 aromatic heterocycles. The van der Waals surface area contributed by atoms with Crippen molar-refractivity contribution in [3.05, 3.63) is 71.8 Å². The van der Waals surface area contributed by atoms with Gasteiger partial charge in [-0.1, -0.05) is 74.0 Å². The Kier molecular flexibility index (Phi) is 9.56. The van der Waals surface area contributed by atoms with Gasteiger partial charge in [0.25, 0.3) is 0 Å². The van der Waals surface area contributed by atoms with E-state index in [4.69, 9.17) is 4.74 Å². The van der Waals surface area contributed by atoms with Gasteiger partial charge in [-0.15, -0.1) is 12.4 Å². The van der Waals surface area contributed by atoms with Crippen molar-refractivity contribution in [3.8, 4) is 0 Å². The standard InChI is InChI=1S/C19H25NO.ClH/c1-2-3-14-20-15-16-21-19(17-10-6-4-7-11-17)18-12-8-5-9-13-18;/h4-13,19-20H,2-3,14-16H2,1H3;1H. The van der Waals surface area contributed by atoms with E-state index >= 15 is 0 Å². The van der Waals surface area contributed by atoms with E-state index in [2.05, 4.69) is 60.8 Å². The van der Waals surface area contributed by atoms with Crippen molar-refractivity contribution in [2.45, 2.75) is 25.9 Å². The zero-order valence-corrected chi connectivity index (χ0v) is 14.0. The van der Waals surface area contributed by atoms with Crippen LogP contribution in [0.1, 0.15) is 37.0 Å². The molecule has 0 atom stereocenters. The monoisotopic (exact) mass is 319 g/mol. The van der Waals surface area contributed by atoms with E-state index in [1.54, 1.807) is 0 Å². The Hall–Kier alpha value is -1.35. The first-order chi connectivity index (χ1) is 10.4. The van der Waals surface area contributed by atoms with Crippen molar-refractivity contribution in [2.75, 3.05) is 19.7 Å². The van der Waals surface area contributed by atoms with E-state index < -0.39 is 0 Å². The molecular weight excluding hydrogens is 294 g/mol. The highest BCUT2D eigenvalue weighted by molar-refractivity contribution is 5.85. The van der Waals surface area contributed by atoms with Crippen molar-refractivity contribution in [3.63, 3.8) is 0 Å². The summed E-state index contributed by atoms with van der Waals surface area (Å²) < 4.78 is 6.13. The van der Waals surface area contributed by atoms with Gasteiger partial charge < -0.3 is 10.1 Å². The summed E-state index contributed by atoms with van der Waals surface area (Å²) in [4.78, 5) is 0. The fourth-order valence-corrected chi connectivity index (χ4v) is 2.32. The van der Waals surface area contributed by atoms with Crippen LogP contribution in [0.2, 0.25) is 0 Å². The van der Waals surface area contributed by atoms with Gasteiger partial charge in [-0.25, -0.2) is 0 Å². The molecule has 3 heteroatoms. The Labute approximate surface area is 140 Å². The number of hydrogen-bond donors (Lipinski definition) is 1. The molecule has 0 spiro atoms. The molecule has 0 amide bonds. The third-order valence-electron chi connectivity index (χ3n) is 3.48. The van der Waals surface area contributed by atoms with Crippen LogP contribution in [0.25, 0.3) is 0 Å². The van der Waals surface area contributed by atoms with Crippen LogP contribution in [0.5, 0.6) is 0 Å². The molecule has 22 heavy (non-hydrogen) atoms. The van der Waals surface area contributed by atoms with Crippen LogP contribution in [-0.2, 0) is 4.74 Å². The lowest BCUT2D eigenvalue weighted by Crippen LogP contribution is -2.22. The van der Waals surface area contributed by atoms with Crippen molar-refractivity contribution >= 4 is 12.4 Å². The molecule has 0 aliphatic heterocycles. The predicted octanol–water partition coefficient (Wildman–Crippen LogP) is 4.60. The van der Waals surface area contributed by atoms with Crippen LogP contribution in [0, 0.1) is 0 Å². The topological polar surface area (TPSA) is 21.3 Å². The third-order valence-corrected chi connectivity index (χ3v) is 3.48. The lowest BCUT2D eigenvalue weighted by molar-refractivity contribution is 0.0821. The highest BCUT2D eigenvalue weighted by Gasteiger charge is 2.13. The van der Waals surface area contributed by atoms with Gasteiger partial charge in [0.05, 0.1) is 6.61 Å². The quantitative estimate of drug-likeness (QED) is 0.682. The average Bonchev–Trinajstić information content (AvgIpc) is 2.56. The van der Waals surface area contributed by atoms with Gasteiger partial charge in [0.15, 0.2) is 0 Å². The number of ether oxygens (including phenoxy) is 1. The molecule has 0 aliphatic rings. The Morgan fingerprint density at radius 1 is 0.864 bits per heavy atom. The minimum atomic E-state index is 0. The van der Waals surface area contributed by atoms with Gasteiger partial charge in [-0.05, 0) is 24.1 Å².